The number of carbonyl (C=O) groups is 1. The molecule has 2 aliphatic carbocycles. The highest BCUT2D eigenvalue weighted by Crippen LogP contribution is 2.59. The molecular formula is C17H28OSi. The highest BCUT2D eigenvalue weighted by molar-refractivity contribution is 6.77. The van der Waals surface area contributed by atoms with E-state index in [0.717, 1.165) is 24.8 Å². The van der Waals surface area contributed by atoms with Crippen LogP contribution in [-0.4, -0.2) is 13.9 Å². The second-order valence-corrected chi connectivity index (χ2v) is 13.4. The van der Waals surface area contributed by atoms with Crippen molar-refractivity contribution in [2.45, 2.75) is 64.7 Å². The number of hydrogen-bond acceptors (Lipinski definition) is 1. The number of ketones is 1. The van der Waals surface area contributed by atoms with E-state index in [1.54, 1.807) is 0 Å². The zero-order chi connectivity index (χ0) is 14.4. The van der Waals surface area contributed by atoms with Crippen LogP contribution >= 0.6 is 0 Å². The van der Waals surface area contributed by atoms with Crippen LogP contribution < -0.4 is 0 Å². The standard InChI is InChI=1S/C17H28OSi/c1-12(2)13-9-14-11-15(18)7-8-17(14,3)16(10-13)19(4,5)6/h11,13,16H,1,7-10H2,2-6H3/t13-,16+,17+/m0/s1. The van der Waals surface area contributed by atoms with Gasteiger partial charge in [0.25, 0.3) is 0 Å². The van der Waals surface area contributed by atoms with E-state index in [2.05, 4.69) is 40.1 Å². The maximum atomic E-state index is 11.8. The van der Waals surface area contributed by atoms with E-state index in [0.29, 0.717) is 11.7 Å². The van der Waals surface area contributed by atoms with E-state index >= 15 is 0 Å². The molecule has 0 aliphatic heterocycles. The van der Waals surface area contributed by atoms with Gasteiger partial charge in [0.2, 0.25) is 0 Å². The summed E-state index contributed by atoms with van der Waals surface area (Å²) < 4.78 is 0. The van der Waals surface area contributed by atoms with Gasteiger partial charge in [-0.15, -0.1) is 0 Å². The van der Waals surface area contributed by atoms with Gasteiger partial charge in [-0.25, -0.2) is 0 Å². The molecule has 0 aromatic carbocycles. The summed E-state index contributed by atoms with van der Waals surface area (Å²) in [6.07, 6.45) is 6.14. The van der Waals surface area contributed by atoms with Gasteiger partial charge in [-0.1, -0.05) is 44.3 Å². The molecule has 0 amide bonds. The van der Waals surface area contributed by atoms with Crippen molar-refractivity contribution < 1.29 is 4.79 Å². The Labute approximate surface area is 119 Å². The van der Waals surface area contributed by atoms with Crippen molar-refractivity contribution in [3.05, 3.63) is 23.8 Å². The molecule has 1 saturated carbocycles. The second-order valence-electron chi connectivity index (χ2n) is 7.96. The SMILES string of the molecule is C=C(C)[C@H]1CC2=CC(=O)CC[C@@]2(C)[C@H]([Si](C)(C)C)C1. The molecule has 0 spiro atoms. The first-order valence-corrected chi connectivity index (χ1v) is 11.1. The molecule has 0 saturated heterocycles. The largest absolute Gasteiger partial charge is 0.295 e. The lowest BCUT2D eigenvalue weighted by molar-refractivity contribution is -0.115. The Morgan fingerprint density at radius 1 is 1.42 bits per heavy atom. The van der Waals surface area contributed by atoms with Crippen LogP contribution in [0, 0.1) is 11.3 Å². The van der Waals surface area contributed by atoms with E-state index in [4.69, 9.17) is 0 Å². The lowest BCUT2D eigenvalue weighted by atomic mass is 9.62. The smallest absolute Gasteiger partial charge is 0.155 e. The fourth-order valence-corrected chi connectivity index (χ4v) is 7.48. The van der Waals surface area contributed by atoms with Gasteiger partial charge in [0, 0.05) is 14.5 Å². The molecule has 2 heteroatoms. The van der Waals surface area contributed by atoms with E-state index < -0.39 is 8.07 Å². The molecule has 19 heavy (non-hydrogen) atoms. The van der Waals surface area contributed by atoms with Gasteiger partial charge in [-0.2, -0.15) is 0 Å². The van der Waals surface area contributed by atoms with Crippen molar-refractivity contribution >= 4 is 13.9 Å². The minimum Gasteiger partial charge on any atom is -0.295 e. The number of rotatable bonds is 2. The molecule has 0 radical (unpaired) electrons. The second kappa shape index (κ2) is 4.73. The lowest BCUT2D eigenvalue weighted by Gasteiger charge is -2.53. The summed E-state index contributed by atoms with van der Waals surface area (Å²) in [5, 5.41) is 0. The minimum absolute atomic E-state index is 0.282. The first-order valence-electron chi connectivity index (χ1n) is 7.54. The highest BCUT2D eigenvalue weighted by atomic mass is 28.3. The zero-order valence-corrected chi connectivity index (χ0v) is 14.2. The molecule has 3 atom stereocenters. The number of carbonyl (C=O) groups excluding carboxylic acids is 1. The Kier molecular flexibility index (Phi) is 3.68. The molecule has 1 nitrogen and oxygen atoms in total. The quantitative estimate of drug-likeness (QED) is 0.513. The summed E-state index contributed by atoms with van der Waals surface area (Å²) in [6.45, 7) is 16.2. The van der Waals surface area contributed by atoms with Gasteiger partial charge in [0.1, 0.15) is 0 Å². The van der Waals surface area contributed by atoms with Crippen molar-refractivity contribution in [2.75, 3.05) is 0 Å². The average Bonchev–Trinajstić information content (AvgIpc) is 2.27. The summed E-state index contributed by atoms with van der Waals surface area (Å²) in [6, 6.07) is 0. The Hall–Kier alpha value is -0.633. The topological polar surface area (TPSA) is 17.1 Å². The summed E-state index contributed by atoms with van der Waals surface area (Å²) in [5.74, 6) is 0.922. The number of hydrogen-bond donors (Lipinski definition) is 0. The molecular weight excluding hydrogens is 248 g/mol. The third-order valence-corrected chi connectivity index (χ3v) is 8.42. The molecule has 0 N–H and O–H groups in total. The molecule has 0 unspecified atom stereocenters. The predicted octanol–water partition coefficient (Wildman–Crippen LogP) is 4.98. The van der Waals surface area contributed by atoms with Crippen molar-refractivity contribution in [3.63, 3.8) is 0 Å². The molecule has 106 valence electrons. The average molecular weight is 276 g/mol. The van der Waals surface area contributed by atoms with Crippen molar-refractivity contribution in [1.82, 2.24) is 0 Å². The van der Waals surface area contributed by atoms with Crippen molar-refractivity contribution in [1.29, 1.82) is 0 Å². The van der Waals surface area contributed by atoms with E-state index in [1.165, 1.54) is 17.6 Å². The monoisotopic (exact) mass is 276 g/mol. The maximum absolute atomic E-state index is 11.8. The van der Waals surface area contributed by atoms with Gasteiger partial charge in [0.05, 0.1) is 0 Å². The van der Waals surface area contributed by atoms with Gasteiger partial charge in [0.15, 0.2) is 5.78 Å². The summed E-state index contributed by atoms with van der Waals surface area (Å²) in [7, 11) is -1.24. The molecule has 0 bridgehead atoms. The Balaban J connectivity index is 2.44. The predicted molar refractivity (Wildman–Crippen MR) is 85.1 cm³/mol. The molecule has 1 fully saturated rings. The molecule has 2 rings (SSSR count). The Bertz CT molecular complexity index is 441. The zero-order valence-electron chi connectivity index (χ0n) is 13.2. The number of fused-ring (bicyclic) bond motifs is 1. The Morgan fingerprint density at radius 2 is 2.05 bits per heavy atom. The Morgan fingerprint density at radius 3 is 2.58 bits per heavy atom. The van der Waals surface area contributed by atoms with Crippen LogP contribution in [0.5, 0.6) is 0 Å². The summed E-state index contributed by atoms with van der Waals surface area (Å²) in [5.41, 5.74) is 3.78. The van der Waals surface area contributed by atoms with Gasteiger partial charge >= 0.3 is 0 Å². The maximum Gasteiger partial charge on any atom is 0.155 e. The van der Waals surface area contributed by atoms with Crippen LogP contribution in [0.25, 0.3) is 0 Å². The molecule has 0 aromatic heterocycles. The lowest BCUT2D eigenvalue weighted by Crippen LogP contribution is -2.46. The summed E-state index contributed by atoms with van der Waals surface area (Å²) in [4.78, 5) is 11.8. The highest BCUT2D eigenvalue weighted by Gasteiger charge is 2.49. The molecule has 2 aliphatic rings. The normalized spacial score (nSPS) is 35.6. The van der Waals surface area contributed by atoms with Crippen molar-refractivity contribution in [3.8, 4) is 0 Å². The van der Waals surface area contributed by atoms with Crippen LogP contribution in [0.4, 0.5) is 0 Å². The van der Waals surface area contributed by atoms with Crippen LogP contribution in [-0.2, 0) is 4.79 Å². The number of allylic oxidation sites excluding steroid dienone is 3. The van der Waals surface area contributed by atoms with Gasteiger partial charge < -0.3 is 0 Å². The van der Waals surface area contributed by atoms with E-state index in [-0.39, 0.29) is 5.41 Å². The minimum atomic E-state index is -1.24. The fourth-order valence-electron chi connectivity index (χ4n) is 4.24. The molecule has 0 heterocycles. The summed E-state index contributed by atoms with van der Waals surface area (Å²) >= 11 is 0. The fraction of sp³-hybridized carbons (Fsp3) is 0.706. The van der Waals surface area contributed by atoms with Gasteiger partial charge in [-0.3, -0.25) is 4.79 Å². The first kappa shape index (κ1) is 14.8. The van der Waals surface area contributed by atoms with Crippen LogP contribution in [0.3, 0.4) is 0 Å². The van der Waals surface area contributed by atoms with Crippen molar-refractivity contribution in [2.24, 2.45) is 11.3 Å². The van der Waals surface area contributed by atoms with Gasteiger partial charge in [-0.05, 0) is 49.1 Å². The van der Waals surface area contributed by atoms with E-state index in [9.17, 15) is 4.79 Å². The third-order valence-electron chi connectivity index (χ3n) is 5.46. The first-order chi connectivity index (χ1) is 8.64. The molecule has 0 aromatic rings. The van der Waals surface area contributed by atoms with E-state index in [1.807, 2.05) is 6.08 Å². The van der Waals surface area contributed by atoms with Crippen LogP contribution in [0.15, 0.2) is 23.8 Å². The van der Waals surface area contributed by atoms with Crippen LogP contribution in [0.1, 0.15) is 39.5 Å². The third kappa shape index (κ3) is 2.65. The van der Waals surface area contributed by atoms with Crippen LogP contribution in [0.2, 0.25) is 25.2 Å².